The molecule has 3 N–H and O–H groups in total. The van der Waals surface area contributed by atoms with Crippen LogP contribution in [-0.4, -0.2) is 5.91 Å². The second-order valence-electron chi connectivity index (χ2n) is 3.67. The maximum absolute atomic E-state index is 13.2. The minimum absolute atomic E-state index is 0.0577. The second-order valence-corrected chi connectivity index (χ2v) is 4.83. The Morgan fingerprint density at radius 3 is 2.61 bits per heavy atom. The van der Waals surface area contributed by atoms with Crippen molar-refractivity contribution in [3.63, 3.8) is 0 Å². The molecule has 0 heterocycles. The second kappa shape index (κ2) is 5.34. The third-order valence-electron chi connectivity index (χ3n) is 2.38. The van der Waals surface area contributed by atoms with E-state index in [9.17, 15) is 9.18 Å². The van der Waals surface area contributed by atoms with E-state index in [1.807, 2.05) is 12.1 Å². The van der Waals surface area contributed by atoms with Crippen molar-refractivity contribution in [3.8, 4) is 0 Å². The van der Waals surface area contributed by atoms with Gasteiger partial charge in [-0.15, -0.1) is 0 Å². The highest BCUT2D eigenvalue weighted by molar-refractivity contribution is 14.1. The number of carbonyl (C=O) groups is 1. The topological polar surface area (TPSA) is 55.1 Å². The average molecular weight is 356 g/mol. The molecule has 0 spiro atoms. The number of halogens is 2. The number of amides is 1. The summed E-state index contributed by atoms with van der Waals surface area (Å²) in [5, 5.41) is 2.63. The Morgan fingerprint density at radius 2 is 1.94 bits per heavy atom. The summed E-state index contributed by atoms with van der Waals surface area (Å²) in [7, 11) is 0. The molecular weight excluding hydrogens is 346 g/mol. The van der Waals surface area contributed by atoms with E-state index >= 15 is 0 Å². The molecule has 0 unspecified atom stereocenters. The van der Waals surface area contributed by atoms with Crippen LogP contribution in [0.5, 0.6) is 0 Å². The number of carbonyl (C=O) groups excluding carboxylic acids is 1. The van der Waals surface area contributed by atoms with Crippen LogP contribution in [0.25, 0.3) is 0 Å². The van der Waals surface area contributed by atoms with Gasteiger partial charge in [0.15, 0.2) is 0 Å². The Hall–Kier alpha value is -1.63. The van der Waals surface area contributed by atoms with Crippen LogP contribution in [0.2, 0.25) is 0 Å². The first-order chi connectivity index (χ1) is 8.58. The SMILES string of the molecule is Nc1ccc(NC(=O)c2ccccc2I)cc1F. The molecule has 0 aliphatic carbocycles. The smallest absolute Gasteiger partial charge is 0.256 e. The number of hydrogen-bond acceptors (Lipinski definition) is 2. The molecule has 0 atom stereocenters. The molecule has 92 valence electrons. The zero-order valence-corrected chi connectivity index (χ0v) is 11.4. The van der Waals surface area contributed by atoms with Gasteiger partial charge in [0.05, 0.1) is 11.3 Å². The summed E-state index contributed by atoms with van der Waals surface area (Å²) in [6, 6.07) is 11.3. The number of nitrogens with one attached hydrogen (secondary N) is 1. The number of hydrogen-bond donors (Lipinski definition) is 2. The van der Waals surface area contributed by atoms with Crippen LogP contribution < -0.4 is 11.1 Å². The van der Waals surface area contributed by atoms with Crippen molar-refractivity contribution < 1.29 is 9.18 Å². The lowest BCUT2D eigenvalue weighted by molar-refractivity contribution is 0.102. The molecular formula is C13H10FIN2O. The van der Waals surface area contributed by atoms with Crippen molar-refractivity contribution in [2.45, 2.75) is 0 Å². The molecule has 3 nitrogen and oxygen atoms in total. The third kappa shape index (κ3) is 2.79. The van der Waals surface area contributed by atoms with E-state index in [1.54, 1.807) is 18.2 Å². The predicted molar refractivity (Wildman–Crippen MR) is 77.9 cm³/mol. The molecule has 0 bridgehead atoms. The van der Waals surface area contributed by atoms with Crippen molar-refractivity contribution in [1.82, 2.24) is 0 Å². The van der Waals surface area contributed by atoms with E-state index in [0.717, 1.165) is 3.57 Å². The summed E-state index contributed by atoms with van der Waals surface area (Å²) in [6.45, 7) is 0. The standard InChI is InChI=1S/C13H10FIN2O/c14-10-7-8(5-6-12(10)16)17-13(18)9-3-1-2-4-11(9)15/h1-7H,16H2,(H,17,18). The lowest BCUT2D eigenvalue weighted by atomic mass is 10.2. The monoisotopic (exact) mass is 356 g/mol. The molecule has 2 aromatic rings. The molecule has 1 amide bonds. The Labute approximate surface area is 117 Å². The van der Waals surface area contributed by atoms with Crippen LogP contribution in [0.3, 0.4) is 0 Å². The fourth-order valence-corrected chi connectivity index (χ4v) is 2.08. The normalized spacial score (nSPS) is 10.1. The number of benzene rings is 2. The Kier molecular flexibility index (Phi) is 3.81. The van der Waals surface area contributed by atoms with Crippen molar-refractivity contribution in [1.29, 1.82) is 0 Å². The summed E-state index contributed by atoms with van der Waals surface area (Å²) >= 11 is 2.08. The van der Waals surface area contributed by atoms with E-state index in [-0.39, 0.29) is 11.6 Å². The van der Waals surface area contributed by atoms with Gasteiger partial charge < -0.3 is 11.1 Å². The molecule has 0 saturated carbocycles. The average Bonchev–Trinajstić information content (AvgIpc) is 2.34. The summed E-state index contributed by atoms with van der Waals surface area (Å²) in [6.07, 6.45) is 0. The molecule has 0 radical (unpaired) electrons. The highest BCUT2D eigenvalue weighted by Crippen LogP contribution is 2.18. The molecule has 0 saturated heterocycles. The van der Waals surface area contributed by atoms with Gasteiger partial charge in [-0.1, -0.05) is 12.1 Å². The number of nitrogens with two attached hydrogens (primary N) is 1. The Balaban J connectivity index is 2.22. The Morgan fingerprint density at radius 1 is 1.22 bits per heavy atom. The van der Waals surface area contributed by atoms with Gasteiger partial charge in [0, 0.05) is 9.26 Å². The number of nitrogen functional groups attached to an aromatic ring is 1. The first kappa shape index (κ1) is 12.8. The molecule has 0 aromatic heterocycles. The quantitative estimate of drug-likeness (QED) is 0.641. The zero-order valence-electron chi connectivity index (χ0n) is 9.28. The molecule has 2 rings (SSSR count). The first-order valence-electron chi connectivity index (χ1n) is 5.19. The van der Waals surface area contributed by atoms with Crippen LogP contribution in [0.15, 0.2) is 42.5 Å². The first-order valence-corrected chi connectivity index (χ1v) is 6.26. The molecule has 2 aromatic carbocycles. The fraction of sp³-hybridized carbons (Fsp3) is 0. The van der Waals surface area contributed by atoms with Crippen LogP contribution in [0.4, 0.5) is 15.8 Å². The molecule has 18 heavy (non-hydrogen) atoms. The number of anilines is 2. The summed E-state index contributed by atoms with van der Waals surface area (Å²) < 4.78 is 14.1. The van der Waals surface area contributed by atoms with Gasteiger partial charge in [-0.05, 0) is 52.9 Å². The van der Waals surface area contributed by atoms with Gasteiger partial charge in [-0.2, -0.15) is 0 Å². The minimum atomic E-state index is -0.546. The lowest BCUT2D eigenvalue weighted by Gasteiger charge is -2.07. The van der Waals surface area contributed by atoms with Gasteiger partial charge in [-0.3, -0.25) is 4.79 Å². The van der Waals surface area contributed by atoms with E-state index in [1.165, 1.54) is 12.1 Å². The van der Waals surface area contributed by atoms with Gasteiger partial charge in [0.1, 0.15) is 5.82 Å². The van der Waals surface area contributed by atoms with E-state index in [4.69, 9.17) is 5.73 Å². The summed E-state index contributed by atoms with van der Waals surface area (Å²) in [4.78, 5) is 12.0. The predicted octanol–water partition coefficient (Wildman–Crippen LogP) is 3.26. The maximum atomic E-state index is 13.2. The molecule has 0 aliphatic heterocycles. The van der Waals surface area contributed by atoms with Gasteiger partial charge >= 0.3 is 0 Å². The van der Waals surface area contributed by atoms with Gasteiger partial charge in [0.2, 0.25) is 0 Å². The van der Waals surface area contributed by atoms with E-state index in [2.05, 4.69) is 27.9 Å². The van der Waals surface area contributed by atoms with Crippen molar-refractivity contribution in [2.24, 2.45) is 0 Å². The highest BCUT2D eigenvalue weighted by Gasteiger charge is 2.10. The van der Waals surface area contributed by atoms with E-state index < -0.39 is 5.82 Å². The van der Waals surface area contributed by atoms with Crippen molar-refractivity contribution >= 4 is 39.9 Å². The molecule has 0 aliphatic rings. The third-order valence-corrected chi connectivity index (χ3v) is 3.32. The fourth-order valence-electron chi connectivity index (χ4n) is 1.45. The molecule has 0 fully saturated rings. The minimum Gasteiger partial charge on any atom is -0.396 e. The van der Waals surface area contributed by atoms with Crippen LogP contribution >= 0.6 is 22.6 Å². The molecule has 5 heteroatoms. The number of rotatable bonds is 2. The largest absolute Gasteiger partial charge is 0.396 e. The maximum Gasteiger partial charge on any atom is 0.256 e. The zero-order chi connectivity index (χ0) is 13.1. The highest BCUT2D eigenvalue weighted by atomic mass is 127. The van der Waals surface area contributed by atoms with E-state index in [0.29, 0.717) is 11.3 Å². The summed E-state index contributed by atoms with van der Waals surface area (Å²) in [5.74, 6) is -0.820. The Bertz CT molecular complexity index is 601. The van der Waals surface area contributed by atoms with Crippen LogP contribution in [-0.2, 0) is 0 Å². The van der Waals surface area contributed by atoms with Gasteiger partial charge in [-0.25, -0.2) is 4.39 Å². The van der Waals surface area contributed by atoms with Gasteiger partial charge in [0.25, 0.3) is 5.91 Å². The lowest BCUT2D eigenvalue weighted by Crippen LogP contribution is -2.13. The van der Waals surface area contributed by atoms with Crippen LogP contribution in [0, 0.1) is 9.39 Å². The van der Waals surface area contributed by atoms with Crippen molar-refractivity contribution in [2.75, 3.05) is 11.1 Å². The van der Waals surface area contributed by atoms with Crippen LogP contribution in [0.1, 0.15) is 10.4 Å². The summed E-state index contributed by atoms with van der Waals surface area (Å²) in [5.41, 5.74) is 6.36. The van der Waals surface area contributed by atoms with Crippen molar-refractivity contribution in [3.05, 3.63) is 57.4 Å².